The fraction of sp³-hybridized carbons (Fsp3) is 0.400. The lowest BCUT2D eigenvalue weighted by Gasteiger charge is -2.34. The Kier molecular flexibility index (Phi) is 3.70. The third-order valence-corrected chi connectivity index (χ3v) is 3.94. The van der Waals surface area contributed by atoms with Gasteiger partial charge in [0.25, 0.3) is 5.91 Å². The van der Waals surface area contributed by atoms with Crippen molar-refractivity contribution in [3.05, 3.63) is 42.5 Å². The summed E-state index contributed by atoms with van der Waals surface area (Å²) in [6, 6.07) is 5.35. The van der Waals surface area contributed by atoms with Gasteiger partial charge in [-0.05, 0) is 30.5 Å². The van der Waals surface area contributed by atoms with E-state index < -0.39 is 6.10 Å². The molecule has 6 nitrogen and oxygen atoms in total. The lowest BCUT2D eigenvalue weighted by molar-refractivity contribution is 0.0245. The molecule has 0 bridgehead atoms. The van der Waals surface area contributed by atoms with E-state index in [0.29, 0.717) is 18.8 Å². The minimum atomic E-state index is -0.461. The third-order valence-electron chi connectivity index (χ3n) is 3.94. The van der Waals surface area contributed by atoms with E-state index in [1.54, 1.807) is 34.1 Å². The second kappa shape index (κ2) is 5.65. The maximum absolute atomic E-state index is 12.5. The van der Waals surface area contributed by atoms with Crippen LogP contribution in [0.5, 0.6) is 0 Å². The van der Waals surface area contributed by atoms with Crippen molar-refractivity contribution < 1.29 is 9.90 Å². The summed E-state index contributed by atoms with van der Waals surface area (Å²) >= 11 is 0. The molecular weight excluding hydrogens is 268 g/mol. The largest absolute Gasteiger partial charge is 0.391 e. The Bertz CT molecular complexity index is 626. The van der Waals surface area contributed by atoms with E-state index in [-0.39, 0.29) is 11.8 Å². The number of carbonyl (C=O) groups excluding carboxylic acids is 1. The van der Waals surface area contributed by atoms with Crippen molar-refractivity contribution in [2.45, 2.75) is 19.4 Å². The van der Waals surface area contributed by atoms with Gasteiger partial charge in [-0.15, -0.1) is 0 Å². The molecule has 6 heteroatoms. The van der Waals surface area contributed by atoms with Crippen molar-refractivity contribution in [2.75, 3.05) is 13.1 Å². The minimum absolute atomic E-state index is 0.144. The van der Waals surface area contributed by atoms with Crippen LogP contribution in [-0.2, 0) is 0 Å². The summed E-state index contributed by atoms with van der Waals surface area (Å²) in [7, 11) is 0. The summed E-state index contributed by atoms with van der Waals surface area (Å²) in [5.41, 5.74) is 1.18. The van der Waals surface area contributed by atoms with Gasteiger partial charge in [-0.25, -0.2) is 4.68 Å². The quantitative estimate of drug-likeness (QED) is 0.897. The molecular formula is C15H18N4O2. The van der Waals surface area contributed by atoms with Gasteiger partial charge < -0.3 is 10.0 Å². The van der Waals surface area contributed by atoms with Crippen LogP contribution in [-0.4, -0.2) is 49.9 Å². The zero-order valence-corrected chi connectivity index (χ0v) is 11.9. The zero-order valence-electron chi connectivity index (χ0n) is 11.9. The van der Waals surface area contributed by atoms with E-state index in [2.05, 4.69) is 10.1 Å². The minimum Gasteiger partial charge on any atom is -0.391 e. The molecule has 1 saturated heterocycles. The summed E-state index contributed by atoms with van der Waals surface area (Å²) in [6.45, 7) is 3.03. The lowest BCUT2D eigenvalue weighted by atomic mass is 9.96. The van der Waals surface area contributed by atoms with Crippen LogP contribution in [0.4, 0.5) is 0 Å². The fourth-order valence-corrected chi connectivity index (χ4v) is 2.50. The number of pyridine rings is 1. The monoisotopic (exact) mass is 286 g/mol. The second-order valence-electron chi connectivity index (χ2n) is 5.43. The Hall–Kier alpha value is -2.21. The van der Waals surface area contributed by atoms with E-state index in [0.717, 1.165) is 12.1 Å². The molecule has 2 atom stereocenters. The van der Waals surface area contributed by atoms with Gasteiger partial charge in [0.15, 0.2) is 0 Å². The summed E-state index contributed by atoms with van der Waals surface area (Å²) in [5.74, 6) is 0.0902. The molecule has 3 heterocycles. The lowest BCUT2D eigenvalue weighted by Crippen LogP contribution is -2.46. The van der Waals surface area contributed by atoms with Crippen LogP contribution in [0.25, 0.3) is 5.69 Å². The highest BCUT2D eigenvalue weighted by Gasteiger charge is 2.28. The van der Waals surface area contributed by atoms with Crippen molar-refractivity contribution in [1.82, 2.24) is 19.7 Å². The average molecular weight is 286 g/mol. The van der Waals surface area contributed by atoms with Crippen molar-refractivity contribution in [2.24, 2.45) is 5.92 Å². The number of aromatic nitrogens is 3. The van der Waals surface area contributed by atoms with Crippen molar-refractivity contribution in [3.8, 4) is 5.69 Å². The Morgan fingerprint density at radius 3 is 3.00 bits per heavy atom. The maximum atomic E-state index is 12.5. The van der Waals surface area contributed by atoms with Crippen LogP contribution >= 0.6 is 0 Å². The predicted octanol–water partition coefficient (Wildman–Crippen LogP) is 1.11. The molecule has 0 saturated carbocycles. The number of hydrogen-bond acceptors (Lipinski definition) is 4. The Morgan fingerprint density at radius 1 is 1.43 bits per heavy atom. The first-order chi connectivity index (χ1) is 10.1. The van der Waals surface area contributed by atoms with Crippen LogP contribution in [0.1, 0.15) is 23.8 Å². The summed E-state index contributed by atoms with van der Waals surface area (Å²) in [5, 5.41) is 14.1. The predicted molar refractivity (Wildman–Crippen MR) is 77.1 cm³/mol. The first-order valence-electron chi connectivity index (χ1n) is 7.08. The molecule has 110 valence electrons. The standard InChI is InChI=1S/C15H18N4O2/c1-11-4-8-18(10-14(11)20)15(21)13-9-12(3-6-16-13)19-7-2-5-17-19/h2-3,5-7,9,11,14,20H,4,8,10H2,1H3. The van der Waals surface area contributed by atoms with Gasteiger partial charge in [0.05, 0.1) is 11.8 Å². The van der Waals surface area contributed by atoms with Crippen molar-refractivity contribution in [3.63, 3.8) is 0 Å². The molecule has 2 unspecified atom stereocenters. The van der Waals surface area contributed by atoms with E-state index in [9.17, 15) is 9.90 Å². The number of amides is 1. The molecule has 1 fully saturated rings. The number of likely N-dealkylation sites (tertiary alicyclic amines) is 1. The molecule has 1 amide bonds. The molecule has 1 aliphatic heterocycles. The molecule has 0 aromatic carbocycles. The first kappa shape index (κ1) is 13.8. The highest BCUT2D eigenvalue weighted by Crippen LogP contribution is 2.19. The molecule has 21 heavy (non-hydrogen) atoms. The van der Waals surface area contributed by atoms with Crippen LogP contribution in [0.15, 0.2) is 36.8 Å². The average Bonchev–Trinajstić information content (AvgIpc) is 3.04. The SMILES string of the molecule is CC1CCN(C(=O)c2cc(-n3cccn3)ccn2)CC1O. The van der Waals surface area contributed by atoms with Crippen molar-refractivity contribution >= 4 is 5.91 Å². The van der Waals surface area contributed by atoms with Gasteiger partial charge in [-0.2, -0.15) is 5.10 Å². The Morgan fingerprint density at radius 2 is 2.29 bits per heavy atom. The maximum Gasteiger partial charge on any atom is 0.272 e. The van der Waals surface area contributed by atoms with Gasteiger partial charge in [-0.1, -0.05) is 6.92 Å². The van der Waals surface area contributed by atoms with Crippen LogP contribution in [0.3, 0.4) is 0 Å². The Balaban J connectivity index is 1.80. The fourth-order valence-electron chi connectivity index (χ4n) is 2.50. The van der Waals surface area contributed by atoms with Gasteiger partial charge in [0.2, 0.25) is 0 Å². The molecule has 2 aromatic rings. The number of aliphatic hydroxyl groups excluding tert-OH is 1. The first-order valence-corrected chi connectivity index (χ1v) is 7.08. The molecule has 0 spiro atoms. The normalized spacial score (nSPS) is 22.3. The number of piperidine rings is 1. The highest BCUT2D eigenvalue weighted by atomic mass is 16.3. The second-order valence-corrected chi connectivity index (χ2v) is 5.43. The van der Waals surface area contributed by atoms with Gasteiger partial charge in [0, 0.05) is 31.7 Å². The molecule has 1 N–H and O–H groups in total. The molecule has 2 aromatic heterocycles. The molecule has 1 aliphatic rings. The third kappa shape index (κ3) is 2.80. The number of aliphatic hydroxyl groups is 1. The Labute approximate surface area is 123 Å². The molecule has 3 rings (SSSR count). The summed E-state index contributed by atoms with van der Waals surface area (Å²) in [6.07, 6.45) is 5.45. The van der Waals surface area contributed by atoms with E-state index >= 15 is 0 Å². The summed E-state index contributed by atoms with van der Waals surface area (Å²) < 4.78 is 1.69. The number of hydrogen-bond donors (Lipinski definition) is 1. The zero-order chi connectivity index (χ0) is 14.8. The topological polar surface area (TPSA) is 71.2 Å². The number of nitrogens with zero attached hydrogens (tertiary/aromatic N) is 4. The smallest absolute Gasteiger partial charge is 0.272 e. The van der Waals surface area contributed by atoms with Gasteiger partial charge in [-0.3, -0.25) is 9.78 Å². The van der Waals surface area contributed by atoms with E-state index in [1.165, 1.54) is 0 Å². The van der Waals surface area contributed by atoms with E-state index in [4.69, 9.17) is 0 Å². The number of carbonyl (C=O) groups is 1. The molecule has 0 aliphatic carbocycles. The van der Waals surface area contributed by atoms with Crippen LogP contribution in [0, 0.1) is 5.92 Å². The molecule has 0 radical (unpaired) electrons. The number of rotatable bonds is 2. The van der Waals surface area contributed by atoms with E-state index in [1.807, 2.05) is 19.2 Å². The van der Waals surface area contributed by atoms with Crippen LogP contribution in [0.2, 0.25) is 0 Å². The van der Waals surface area contributed by atoms with Gasteiger partial charge >= 0.3 is 0 Å². The number of β-amino-alcohol motifs (C(OH)–C–C–N with tert-alkyl or cyclic N) is 1. The van der Waals surface area contributed by atoms with Gasteiger partial charge in [0.1, 0.15) is 5.69 Å². The highest BCUT2D eigenvalue weighted by molar-refractivity contribution is 5.92. The summed E-state index contributed by atoms with van der Waals surface area (Å²) in [4.78, 5) is 18.3. The van der Waals surface area contributed by atoms with Crippen LogP contribution < -0.4 is 0 Å². The van der Waals surface area contributed by atoms with Crippen molar-refractivity contribution in [1.29, 1.82) is 0 Å².